The van der Waals surface area contributed by atoms with Gasteiger partial charge in [0.05, 0.1) is 0 Å². The molecule has 1 saturated carbocycles. The van der Waals surface area contributed by atoms with Gasteiger partial charge in [0.15, 0.2) is 6.10 Å². The second-order valence-corrected chi connectivity index (χ2v) is 5.05. The minimum atomic E-state index is -1.07. The summed E-state index contributed by atoms with van der Waals surface area (Å²) < 4.78 is 5.49. The average Bonchev–Trinajstić information content (AvgIpc) is 2.91. The SMILES string of the molecule is CC(Oc1ccccc1C(=O)O)C(=O)NC1CCCC1. The summed E-state index contributed by atoms with van der Waals surface area (Å²) in [7, 11) is 0. The quantitative estimate of drug-likeness (QED) is 0.865. The van der Waals surface area contributed by atoms with E-state index in [1.165, 1.54) is 6.07 Å². The lowest BCUT2D eigenvalue weighted by molar-refractivity contribution is -0.128. The molecule has 1 aromatic carbocycles. The highest BCUT2D eigenvalue weighted by molar-refractivity contribution is 5.91. The molecule has 0 radical (unpaired) electrons. The molecule has 1 aliphatic rings. The van der Waals surface area contributed by atoms with Crippen LogP contribution >= 0.6 is 0 Å². The summed E-state index contributed by atoms with van der Waals surface area (Å²) in [6.07, 6.45) is 3.58. The van der Waals surface area contributed by atoms with Gasteiger partial charge in [-0.05, 0) is 31.9 Å². The molecule has 2 N–H and O–H groups in total. The van der Waals surface area contributed by atoms with Gasteiger partial charge in [-0.3, -0.25) is 4.79 Å². The van der Waals surface area contributed by atoms with Gasteiger partial charge in [-0.25, -0.2) is 4.79 Å². The highest BCUT2D eigenvalue weighted by Crippen LogP contribution is 2.20. The van der Waals surface area contributed by atoms with Crippen molar-refractivity contribution in [2.45, 2.75) is 44.8 Å². The van der Waals surface area contributed by atoms with Crippen molar-refractivity contribution in [3.05, 3.63) is 29.8 Å². The molecule has 1 aliphatic carbocycles. The number of carboxylic acids is 1. The topological polar surface area (TPSA) is 75.6 Å². The molecule has 0 aromatic heterocycles. The molecule has 1 aromatic rings. The molecule has 0 bridgehead atoms. The van der Waals surface area contributed by atoms with Crippen molar-refractivity contribution in [3.8, 4) is 5.75 Å². The highest BCUT2D eigenvalue weighted by atomic mass is 16.5. The zero-order chi connectivity index (χ0) is 14.5. The summed E-state index contributed by atoms with van der Waals surface area (Å²) in [5.74, 6) is -1.05. The predicted octanol–water partition coefficient (Wildman–Crippen LogP) is 2.21. The number of amides is 1. The van der Waals surface area contributed by atoms with Gasteiger partial charge in [0.1, 0.15) is 11.3 Å². The number of nitrogens with one attached hydrogen (secondary N) is 1. The molecular formula is C15H19NO4. The van der Waals surface area contributed by atoms with Crippen molar-refractivity contribution in [2.75, 3.05) is 0 Å². The molecule has 20 heavy (non-hydrogen) atoms. The van der Waals surface area contributed by atoms with E-state index in [4.69, 9.17) is 9.84 Å². The van der Waals surface area contributed by atoms with Gasteiger partial charge in [0.2, 0.25) is 0 Å². The van der Waals surface area contributed by atoms with Crippen LogP contribution < -0.4 is 10.1 Å². The van der Waals surface area contributed by atoms with Crippen LogP contribution in [0.1, 0.15) is 43.0 Å². The summed E-state index contributed by atoms with van der Waals surface area (Å²) in [6, 6.07) is 6.55. The number of aromatic carboxylic acids is 1. The summed E-state index contributed by atoms with van der Waals surface area (Å²) >= 11 is 0. The summed E-state index contributed by atoms with van der Waals surface area (Å²) in [6.45, 7) is 1.63. The Hall–Kier alpha value is -2.04. The molecule has 0 spiro atoms. The second kappa shape index (κ2) is 6.41. The molecule has 5 nitrogen and oxygen atoms in total. The second-order valence-electron chi connectivity index (χ2n) is 5.05. The Morgan fingerprint density at radius 2 is 1.95 bits per heavy atom. The maximum Gasteiger partial charge on any atom is 0.339 e. The summed E-state index contributed by atoms with van der Waals surface area (Å²) in [5, 5.41) is 12.0. The van der Waals surface area contributed by atoms with E-state index in [-0.39, 0.29) is 23.3 Å². The Bertz CT molecular complexity index is 494. The van der Waals surface area contributed by atoms with E-state index in [2.05, 4.69) is 5.32 Å². The van der Waals surface area contributed by atoms with Crippen LogP contribution in [0.15, 0.2) is 24.3 Å². The maximum atomic E-state index is 12.0. The van der Waals surface area contributed by atoms with Crippen LogP contribution in [0.2, 0.25) is 0 Å². The van der Waals surface area contributed by atoms with E-state index in [9.17, 15) is 9.59 Å². The van der Waals surface area contributed by atoms with Gasteiger partial charge in [-0.1, -0.05) is 25.0 Å². The van der Waals surface area contributed by atoms with Crippen LogP contribution in [-0.2, 0) is 4.79 Å². The largest absolute Gasteiger partial charge is 0.480 e. The maximum absolute atomic E-state index is 12.0. The molecule has 1 unspecified atom stereocenters. The van der Waals surface area contributed by atoms with Gasteiger partial charge >= 0.3 is 5.97 Å². The van der Waals surface area contributed by atoms with Crippen LogP contribution in [0.25, 0.3) is 0 Å². The molecule has 0 aliphatic heterocycles. The first kappa shape index (κ1) is 14.4. The van der Waals surface area contributed by atoms with Crippen LogP contribution in [-0.4, -0.2) is 29.1 Å². The Labute approximate surface area is 117 Å². The lowest BCUT2D eigenvalue weighted by Gasteiger charge is -2.18. The fraction of sp³-hybridized carbons (Fsp3) is 0.467. The number of hydrogen-bond donors (Lipinski definition) is 2. The van der Waals surface area contributed by atoms with E-state index in [0.717, 1.165) is 25.7 Å². The molecule has 108 valence electrons. The van der Waals surface area contributed by atoms with Crippen LogP contribution in [0.3, 0.4) is 0 Å². The first-order chi connectivity index (χ1) is 9.58. The highest BCUT2D eigenvalue weighted by Gasteiger charge is 2.22. The van der Waals surface area contributed by atoms with Gasteiger partial charge in [-0.15, -0.1) is 0 Å². The molecule has 0 saturated heterocycles. The molecule has 1 atom stereocenters. The fourth-order valence-corrected chi connectivity index (χ4v) is 2.38. The number of hydrogen-bond acceptors (Lipinski definition) is 3. The van der Waals surface area contributed by atoms with Crippen molar-refractivity contribution in [3.63, 3.8) is 0 Å². The van der Waals surface area contributed by atoms with E-state index in [1.807, 2.05) is 0 Å². The number of para-hydroxylation sites is 1. The average molecular weight is 277 g/mol. The summed E-state index contributed by atoms with van der Waals surface area (Å²) in [5.41, 5.74) is 0.0630. The molecule has 2 rings (SSSR count). The van der Waals surface area contributed by atoms with Gasteiger partial charge in [-0.2, -0.15) is 0 Å². The molecular weight excluding hydrogens is 258 g/mol. The van der Waals surface area contributed by atoms with Crippen LogP contribution in [0.4, 0.5) is 0 Å². The first-order valence-electron chi connectivity index (χ1n) is 6.87. The Morgan fingerprint density at radius 3 is 2.60 bits per heavy atom. The third-order valence-electron chi connectivity index (χ3n) is 3.49. The normalized spacial score (nSPS) is 16.6. The Balaban J connectivity index is 1.98. The monoisotopic (exact) mass is 277 g/mol. The molecule has 1 amide bonds. The fourth-order valence-electron chi connectivity index (χ4n) is 2.38. The molecule has 5 heteroatoms. The lowest BCUT2D eigenvalue weighted by Crippen LogP contribution is -2.41. The van der Waals surface area contributed by atoms with E-state index in [1.54, 1.807) is 25.1 Å². The number of carboxylic acid groups (broad SMARTS) is 1. The Morgan fingerprint density at radius 1 is 1.30 bits per heavy atom. The van der Waals surface area contributed by atoms with Crippen molar-refractivity contribution in [1.29, 1.82) is 0 Å². The van der Waals surface area contributed by atoms with Crippen LogP contribution in [0.5, 0.6) is 5.75 Å². The van der Waals surface area contributed by atoms with Crippen molar-refractivity contribution >= 4 is 11.9 Å². The molecule has 0 heterocycles. The third-order valence-corrected chi connectivity index (χ3v) is 3.49. The summed E-state index contributed by atoms with van der Waals surface area (Å²) in [4.78, 5) is 23.1. The van der Waals surface area contributed by atoms with Gasteiger partial charge in [0.25, 0.3) is 5.91 Å². The van der Waals surface area contributed by atoms with Crippen LogP contribution in [0, 0.1) is 0 Å². The third kappa shape index (κ3) is 3.50. The van der Waals surface area contributed by atoms with Crippen molar-refractivity contribution in [2.24, 2.45) is 0 Å². The number of carbonyl (C=O) groups excluding carboxylic acids is 1. The lowest BCUT2D eigenvalue weighted by atomic mass is 10.2. The number of ether oxygens (including phenoxy) is 1. The minimum Gasteiger partial charge on any atom is -0.480 e. The van der Waals surface area contributed by atoms with Crippen molar-refractivity contribution in [1.82, 2.24) is 5.32 Å². The first-order valence-corrected chi connectivity index (χ1v) is 6.87. The number of carbonyl (C=O) groups is 2. The van der Waals surface area contributed by atoms with E-state index in [0.29, 0.717) is 0 Å². The zero-order valence-corrected chi connectivity index (χ0v) is 11.5. The minimum absolute atomic E-state index is 0.0630. The van der Waals surface area contributed by atoms with Crippen molar-refractivity contribution < 1.29 is 19.4 Å². The van der Waals surface area contributed by atoms with Gasteiger partial charge < -0.3 is 15.2 Å². The Kier molecular flexibility index (Phi) is 4.61. The number of benzene rings is 1. The zero-order valence-electron chi connectivity index (χ0n) is 11.5. The van der Waals surface area contributed by atoms with E-state index >= 15 is 0 Å². The number of rotatable bonds is 5. The standard InChI is InChI=1S/C15H19NO4/c1-10(14(17)16-11-6-2-3-7-11)20-13-9-5-4-8-12(13)15(18)19/h4-5,8-11H,2-3,6-7H2,1H3,(H,16,17)(H,18,19). The van der Waals surface area contributed by atoms with Gasteiger partial charge in [0, 0.05) is 6.04 Å². The van der Waals surface area contributed by atoms with E-state index < -0.39 is 12.1 Å². The smallest absolute Gasteiger partial charge is 0.339 e. The predicted molar refractivity (Wildman–Crippen MR) is 73.9 cm³/mol. The molecule has 1 fully saturated rings.